The van der Waals surface area contributed by atoms with Crippen LogP contribution in [0.1, 0.15) is 32.8 Å². The Morgan fingerprint density at radius 3 is 2.60 bits per heavy atom. The van der Waals surface area contributed by atoms with Gasteiger partial charge < -0.3 is 15.4 Å². The first kappa shape index (κ1) is 22.0. The molecule has 2 heterocycles. The zero-order chi connectivity index (χ0) is 22.1. The minimum absolute atomic E-state index is 0.0612. The summed E-state index contributed by atoms with van der Waals surface area (Å²) in [5.41, 5.74) is 5.48. The molecule has 0 aliphatic carbocycles. The molecule has 8 heteroatoms. The number of primary amides is 1. The number of nitrogens with zero attached hydrogens (tertiary/aromatic N) is 3. The van der Waals surface area contributed by atoms with Gasteiger partial charge >= 0.3 is 0 Å². The lowest BCUT2D eigenvalue weighted by atomic mass is 9.75. The van der Waals surface area contributed by atoms with Crippen LogP contribution in [-0.2, 0) is 25.7 Å². The minimum atomic E-state index is -1.10. The van der Waals surface area contributed by atoms with E-state index < -0.39 is 22.7 Å². The molecule has 2 atom stereocenters. The summed E-state index contributed by atoms with van der Waals surface area (Å²) in [6.45, 7) is 6.21. The number of amides is 3. The van der Waals surface area contributed by atoms with Crippen molar-refractivity contribution < 1.29 is 19.1 Å². The molecule has 2 aliphatic rings. The Balaban J connectivity index is 1.76. The Labute approximate surface area is 177 Å². The second-order valence-corrected chi connectivity index (χ2v) is 8.86. The Hall–Kier alpha value is -2.74. The van der Waals surface area contributed by atoms with Crippen molar-refractivity contribution in [2.24, 2.45) is 27.6 Å². The van der Waals surface area contributed by atoms with E-state index in [1.807, 2.05) is 37.3 Å². The maximum absolute atomic E-state index is 13.5. The Kier molecular flexibility index (Phi) is 5.99. The van der Waals surface area contributed by atoms with Crippen molar-refractivity contribution in [2.75, 3.05) is 26.7 Å². The monoisotopic (exact) mass is 414 g/mol. The molecule has 0 spiro atoms. The molecule has 2 unspecified atom stereocenters. The fraction of sp³-hybridized carbons (Fsp3) is 0.545. The first-order valence-electron chi connectivity index (χ1n) is 10.1. The molecule has 1 saturated heterocycles. The van der Waals surface area contributed by atoms with E-state index in [0.717, 1.165) is 11.3 Å². The number of hydrogen-bond acceptors (Lipinski definition) is 5. The number of nitrogens with two attached hydrogens (primary N) is 1. The highest BCUT2D eigenvalue weighted by Gasteiger charge is 2.51. The normalized spacial score (nSPS) is 22.5. The van der Waals surface area contributed by atoms with Gasteiger partial charge in [0, 0.05) is 26.6 Å². The van der Waals surface area contributed by atoms with Gasteiger partial charge in [0.2, 0.25) is 11.8 Å². The van der Waals surface area contributed by atoms with Crippen LogP contribution in [0.15, 0.2) is 35.4 Å². The summed E-state index contributed by atoms with van der Waals surface area (Å²) in [6.07, 6.45) is 0.521. The molecule has 8 nitrogen and oxygen atoms in total. The SMILES string of the molecule is CN1N=C2CCN(C(=O)C(COCc3ccccc3)C(C)(C)C(N)=O)CC2(C)C1=O. The van der Waals surface area contributed by atoms with Gasteiger partial charge in [-0.25, -0.2) is 5.01 Å². The maximum Gasteiger partial charge on any atom is 0.255 e. The van der Waals surface area contributed by atoms with Crippen LogP contribution in [0, 0.1) is 16.7 Å². The highest BCUT2D eigenvalue weighted by molar-refractivity contribution is 6.13. The minimum Gasteiger partial charge on any atom is -0.376 e. The molecular weight excluding hydrogens is 384 g/mol. The Morgan fingerprint density at radius 1 is 1.30 bits per heavy atom. The smallest absolute Gasteiger partial charge is 0.255 e. The number of piperidine rings is 1. The molecule has 0 aromatic heterocycles. The fourth-order valence-corrected chi connectivity index (χ4v) is 4.04. The highest BCUT2D eigenvalue weighted by Crippen LogP contribution is 2.36. The summed E-state index contributed by atoms with van der Waals surface area (Å²) in [7, 11) is 1.63. The van der Waals surface area contributed by atoms with Crippen LogP contribution in [-0.4, -0.2) is 60.1 Å². The maximum atomic E-state index is 13.5. The summed E-state index contributed by atoms with van der Waals surface area (Å²) >= 11 is 0. The number of ether oxygens (including phenoxy) is 1. The van der Waals surface area contributed by atoms with Crippen LogP contribution in [0.4, 0.5) is 0 Å². The Morgan fingerprint density at radius 2 is 1.97 bits per heavy atom. The van der Waals surface area contributed by atoms with Gasteiger partial charge in [-0.2, -0.15) is 5.10 Å². The predicted octanol–water partition coefficient (Wildman–Crippen LogP) is 1.40. The fourth-order valence-electron chi connectivity index (χ4n) is 4.04. The first-order chi connectivity index (χ1) is 14.1. The van der Waals surface area contributed by atoms with E-state index in [1.165, 1.54) is 5.01 Å². The molecule has 1 fully saturated rings. The van der Waals surface area contributed by atoms with Crippen LogP contribution >= 0.6 is 0 Å². The predicted molar refractivity (Wildman–Crippen MR) is 112 cm³/mol. The van der Waals surface area contributed by atoms with E-state index in [9.17, 15) is 14.4 Å². The van der Waals surface area contributed by atoms with Crippen molar-refractivity contribution in [1.82, 2.24) is 9.91 Å². The van der Waals surface area contributed by atoms with Gasteiger partial charge in [0.05, 0.1) is 30.3 Å². The van der Waals surface area contributed by atoms with Crippen molar-refractivity contribution in [3.8, 4) is 0 Å². The van der Waals surface area contributed by atoms with Gasteiger partial charge in [-0.05, 0) is 12.5 Å². The molecule has 0 radical (unpaired) electrons. The number of rotatable bonds is 7. The zero-order valence-electron chi connectivity index (χ0n) is 18.1. The molecule has 2 N–H and O–H groups in total. The quantitative estimate of drug-likeness (QED) is 0.728. The molecule has 2 aliphatic heterocycles. The summed E-state index contributed by atoms with van der Waals surface area (Å²) < 4.78 is 5.83. The van der Waals surface area contributed by atoms with Gasteiger partial charge in [-0.1, -0.05) is 44.2 Å². The lowest BCUT2D eigenvalue weighted by Crippen LogP contribution is -2.56. The van der Waals surface area contributed by atoms with Crippen LogP contribution in [0.5, 0.6) is 0 Å². The number of fused-ring (bicyclic) bond motifs is 1. The average Bonchev–Trinajstić information content (AvgIpc) is 2.94. The van der Waals surface area contributed by atoms with Gasteiger partial charge in [0.1, 0.15) is 5.41 Å². The number of carbonyl (C=O) groups is 3. The number of likely N-dealkylation sites (tertiary alicyclic amines) is 1. The lowest BCUT2D eigenvalue weighted by Gasteiger charge is -2.40. The van der Waals surface area contributed by atoms with Gasteiger partial charge in [-0.3, -0.25) is 14.4 Å². The van der Waals surface area contributed by atoms with Gasteiger partial charge in [0.25, 0.3) is 5.91 Å². The number of carbonyl (C=O) groups excluding carboxylic acids is 3. The molecular formula is C22H30N4O4. The van der Waals surface area contributed by atoms with Gasteiger partial charge in [0.15, 0.2) is 0 Å². The molecule has 1 aromatic carbocycles. The van der Waals surface area contributed by atoms with Crippen molar-refractivity contribution in [1.29, 1.82) is 0 Å². The Bertz CT molecular complexity index is 867. The topological polar surface area (TPSA) is 105 Å². The van der Waals surface area contributed by atoms with E-state index in [1.54, 1.807) is 25.8 Å². The van der Waals surface area contributed by atoms with Gasteiger partial charge in [-0.15, -0.1) is 0 Å². The molecule has 3 rings (SSSR count). The van der Waals surface area contributed by atoms with Crippen molar-refractivity contribution in [2.45, 2.75) is 33.8 Å². The van der Waals surface area contributed by atoms with E-state index in [0.29, 0.717) is 19.6 Å². The largest absolute Gasteiger partial charge is 0.376 e. The highest BCUT2D eigenvalue weighted by atomic mass is 16.5. The average molecular weight is 415 g/mol. The van der Waals surface area contributed by atoms with Crippen molar-refractivity contribution in [3.63, 3.8) is 0 Å². The van der Waals surface area contributed by atoms with Crippen molar-refractivity contribution in [3.05, 3.63) is 35.9 Å². The number of benzene rings is 1. The molecule has 30 heavy (non-hydrogen) atoms. The molecule has 0 saturated carbocycles. The van der Waals surface area contributed by atoms with Crippen LogP contribution < -0.4 is 5.73 Å². The third-order valence-corrected chi connectivity index (χ3v) is 6.31. The molecule has 0 bridgehead atoms. The van der Waals surface area contributed by atoms with E-state index in [2.05, 4.69) is 5.10 Å². The van der Waals surface area contributed by atoms with Crippen LogP contribution in [0.25, 0.3) is 0 Å². The van der Waals surface area contributed by atoms with Crippen molar-refractivity contribution >= 4 is 23.4 Å². The number of hydrazone groups is 1. The molecule has 162 valence electrons. The summed E-state index contributed by atoms with van der Waals surface area (Å²) in [4.78, 5) is 39.9. The summed E-state index contributed by atoms with van der Waals surface area (Å²) in [5.74, 6) is -1.67. The second kappa shape index (κ2) is 8.18. The van der Waals surface area contributed by atoms with Crippen LogP contribution in [0.3, 0.4) is 0 Å². The van der Waals surface area contributed by atoms with E-state index in [-0.39, 0.29) is 25.0 Å². The standard InChI is InChI=1S/C22H30N4O4/c1-21(2,19(23)28)16(13-30-12-15-8-6-5-7-9-15)18(27)26-11-10-17-22(3,14-26)20(29)25(4)24-17/h5-9,16H,10-14H2,1-4H3,(H2,23,28). The van der Waals surface area contributed by atoms with E-state index in [4.69, 9.17) is 10.5 Å². The third-order valence-electron chi connectivity index (χ3n) is 6.31. The molecule has 1 aromatic rings. The zero-order valence-corrected chi connectivity index (χ0v) is 18.1. The summed E-state index contributed by atoms with van der Waals surface area (Å²) in [5, 5.41) is 5.67. The van der Waals surface area contributed by atoms with E-state index >= 15 is 0 Å². The third kappa shape index (κ3) is 3.96. The second-order valence-electron chi connectivity index (χ2n) is 8.86. The summed E-state index contributed by atoms with van der Waals surface area (Å²) in [6, 6.07) is 9.62. The first-order valence-corrected chi connectivity index (χ1v) is 10.1. The number of hydrogen-bond donors (Lipinski definition) is 1. The molecule has 3 amide bonds. The van der Waals surface area contributed by atoms with Crippen LogP contribution in [0.2, 0.25) is 0 Å². The lowest BCUT2D eigenvalue weighted by molar-refractivity contribution is -0.151.